The Bertz CT molecular complexity index is 938. The molecule has 2 aliphatic rings. The lowest BCUT2D eigenvalue weighted by atomic mass is 10.0. The van der Waals surface area contributed by atoms with Gasteiger partial charge in [-0.05, 0) is 44.2 Å². The van der Waals surface area contributed by atoms with E-state index < -0.39 is 30.4 Å². The first-order chi connectivity index (χ1) is 13.5. The summed E-state index contributed by atoms with van der Waals surface area (Å²) < 4.78 is 5.32. The highest BCUT2D eigenvalue weighted by molar-refractivity contribution is 6.04. The maximum atomic E-state index is 12.7. The Balaban J connectivity index is 1.51. The molecule has 2 amide bonds. The lowest BCUT2D eigenvalue weighted by Crippen LogP contribution is -2.51. The van der Waals surface area contributed by atoms with Gasteiger partial charge in [-0.1, -0.05) is 18.2 Å². The molecule has 1 saturated carbocycles. The monoisotopic (exact) mass is 381 g/mol. The van der Waals surface area contributed by atoms with Gasteiger partial charge in [0.05, 0.1) is 11.1 Å². The van der Waals surface area contributed by atoms with Crippen LogP contribution in [-0.2, 0) is 14.3 Å². The quantitative estimate of drug-likeness (QED) is 0.800. The van der Waals surface area contributed by atoms with E-state index in [0.29, 0.717) is 29.8 Å². The molecule has 1 atom stereocenters. The number of nitrogens with zero attached hydrogens (tertiary/aromatic N) is 2. The molecule has 1 aliphatic carbocycles. The fourth-order valence-electron chi connectivity index (χ4n) is 3.77. The summed E-state index contributed by atoms with van der Waals surface area (Å²) in [6.07, 6.45) is 4.35. The number of rotatable bonds is 5. The van der Waals surface area contributed by atoms with E-state index in [9.17, 15) is 14.4 Å². The number of nitrogens with two attached hydrogens (primary N) is 1. The summed E-state index contributed by atoms with van der Waals surface area (Å²) in [6, 6.07) is 8.57. The van der Waals surface area contributed by atoms with Gasteiger partial charge < -0.3 is 15.4 Å². The first kappa shape index (κ1) is 18.4. The summed E-state index contributed by atoms with van der Waals surface area (Å²) in [6.45, 7) is 0.0477. The Morgan fingerprint density at radius 2 is 1.93 bits per heavy atom. The number of carbonyl (C=O) groups is 3. The minimum Gasteiger partial charge on any atom is -0.452 e. The number of esters is 1. The van der Waals surface area contributed by atoms with Gasteiger partial charge in [-0.3, -0.25) is 14.6 Å². The number of para-hydroxylation sites is 1. The minimum absolute atomic E-state index is 0.391. The van der Waals surface area contributed by atoms with Gasteiger partial charge in [0.25, 0.3) is 5.91 Å². The zero-order valence-corrected chi connectivity index (χ0v) is 15.6. The van der Waals surface area contributed by atoms with Gasteiger partial charge in [0.1, 0.15) is 6.04 Å². The number of hydrogen-bond acceptors (Lipinski definition) is 5. The van der Waals surface area contributed by atoms with Crippen LogP contribution in [0.5, 0.6) is 0 Å². The van der Waals surface area contributed by atoms with E-state index in [0.717, 1.165) is 36.9 Å². The summed E-state index contributed by atoms with van der Waals surface area (Å²) in [4.78, 5) is 42.9. The van der Waals surface area contributed by atoms with E-state index in [1.165, 1.54) is 4.90 Å². The Kier molecular flexibility index (Phi) is 4.98. The normalized spacial score (nSPS) is 19.4. The molecule has 4 rings (SSSR count). The highest BCUT2D eigenvalue weighted by atomic mass is 16.5. The lowest BCUT2D eigenvalue weighted by Gasteiger charge is -2.33. The summed E-state index contributed by atoms with van der Waals surface area (Å²) in [5, 5.41) is 0.706. The van der Waals surface area contributed by atoms with Gasteiger partial charge in [-0.2, -0.15) is 0 Å². The fourth-order valence-corrected chi connectivity index (χ4v) is 3.77. The molecule has 0 spiro atoms. The molecule has 146 valence electrons. The van der Waals surface area contributed by atoms with Crippen LogP contribution in [0, 0.1) is 0 Å². The molecule has 0 bridgehead atoms. The smallest absolute Gasteiger partial charge is 0.339 e. The van der Waals surface area contributed by atoms with E-state index in [1.807, 2.05) is 24.3 Å². The molecule has 2 N–H and O–H groups in total. The number of benzene rings is 1. The van der Waals surface area contributed by atoms with Crippen LogP contribution >= 0.6 is 0 Å². The Labute approximate surface area is 162 Å². The molecule has 28 heavy (non-hydrogen) atoms. The number of aromatic nitrogens is 1. The number of likely N-dealkylation sites (tertiary alicyclic amines) is 1. The molecule has 1 saturated heterocycles. The van der Waals surface area contributed by atoms with Crippen molar-refractivity contribution in [2.75, 3.05) is 13.2 Å². The van der Waals surface area contributed by atoms with E-state index in [1.54, 1.807) is 6.07 Å². The lowest BCUT2D eigenvalue weighted by molar-refractivity contribution is -0.143. The van der Waals surface area contributed by atoms with Crippen LogP contribution in [0.1, 0.15) is 54.1 Å². The topological polar surface area (TPSA) is 103 Å². The van der Waals surface area contributed by atoms with Gasteiger partial charge in [-0.15, -0.1) is 0 Å². The number of amides is 2. The van der Waals surface area contributed by atoms with Gasteiger partial charge in [-0.25, -0.2) is 4.79 Å². The average molecular weight is 381 g/mol. The molecule has 2 heterocycles. The standard InChI is InChI=1S/C21H23N3O4/c22-20(26)18-7-3-4-10-24(18)19(25)12-28-21(27)15-11-17(13-8-9-13)23-16-6-2-1-5-14(15)16/h1-2,5-6,11,13,18H,3-4,7-10,12H2,(H2,22,26)/t18-/m0/s1. The number of fused-ring (bicyclic) bond motifs is 1. The second-order valence-electron chi connectivity index (χ2n) is 7.46. The number of piperidine rings is 1. The molecule has 1 aromatic heterocycles. The third-order valence-electron chi connectivity index (χ3n) is 5.43. The molecule has 2 aromatic rings. The van der Waals surface area contributed by atoms with Gasteiger partial charge >= 0.3 is 5.97 Å². The van der Waals surface area contributed by atoms with Crippen molar-refractivity contribution in [1.29, 1.82) is 0 Å². The van der Waals surface area contributed by atoms with Crippen LogP contribution < -0.4 is 5.73 Å². The van der Waals surface area contributed by atoms with Crippen LogP contribution in [-0.4, -0.2) is 46.9 Å². The minimum atomic E-state index is -0.622. The van der Waals surface area contributed by atoms with E-state index in [4.69, 9.17) is 10.5 Å². The Hall–Kier alpha value is -2.96. The zero-order valence-electron chi connectivity index (χ0n) is 15.6. The SMILES string of the molecule is NC(=O)[C@@H]1CCCCN1C(=O)COC(=O)c1cc(C2CC2)nc2ccccc12. The van der Waals surface area contributed by atoms with Crippen molar-refractivity contribution in [3.8, 4) is 0 Å². The Morgan fingerprint density at radius 1 is 1.14 bits per heavy atom. The van der Waals surface area contributed by atoms with Crippen molar-refractivity contribution in [2.45, 2.75) is 44.1 Å². The van der Waals surface area contributed by atoms with Crippen molar-refractivity contribution < 1.29 is 19.1 Å². The zero-order chi connectivity index (χ0) is 19.7. The number of pyridine rings is 1. The third kappa shape index (κ3) is 3.69. The number of primary amides is 1. The fraction of sp³-hybridized carbons (Fsp3) is 0.429. The molecular weight excluding hydrogens is 358 g/mol. The maximum Gasteiger partial charge on any atom is 0.339 e. The van der Waals surface area contributed by atoms with E-state index in [2.05, 4.69) is 4.98 Å². The molecule has 7 nitrogen and oxygen atoms in total. The maximum absolute atomic E-state index is 12.7. The van der Waals surface area contributed by atoms with Gasteiger partial charge in [0, 0.05) is 23.5 Å². The van der Waals surface area contributed by atoms with Crippen molar-refractivity contribution in [3.05, 3.63) is 41.6 Å². The highest BCUT2D eigenvalue weighted by Crippen LogP contribution is 2.40. The first-order valence-electron chi connectivity index (χ1n) is 9.70. The highest BCUT2D eigenvalue weighted by Gasteiger charge is 2.31. The van der Waals surface area contributed by atoms with Crippen LogP contribution in [0.25, 0.3) is 10.9 Å². The summed E-state index contributed by atoms with van der Waals surface area (Å²) in [5.74, 6) is -1.07. The van der Waals surface area contributed by atoms with Crippen LogP contribution in [0.15, 0.2) is 30.3 Å². The van der Waals surface area contributed by atoms with Gasteiger partial charge in [0.2, 0.25) is 5.91 Å². The number of hydrogen-bond donors (Lipinski definition) is 1. The van der Waals surface area contributed by atoms with Gasteiger partial charge in [0.15, 0.2) is 6.61 Å². The average Bonchev–Trinajstić information content (AvgIpc) is 3.56. The second-order valence-corrected chi connectivity index (χ2v) is 7.46. The molecule has 7 heteroatoms. The largest absolute Gasteiger partial charge is 0.452 e. The van der Waals surface area contributed by atoms with Crippen molar-refractivity contribution in [1.82, 2.24) is 9.88 Å². The molecule has 1 aromatic carbocycles. The predicted octanol–water partition coefficient (Wildman–Crippen LogP) is 2.14. The third-order valence-corrected chi connectivity index (χ3v) is 5.43. The molecular formula is C21H23N3O4. The summed E-state index contributed by atoms with van der Waals surface area (Å²) in [7, 11) is 0. The molecule has 2 fully saturated rings. The van der Waals surface area contributed by atoms with Crippen LogP contribution in [0.4, 0.5) is 0 Å². The van der Waals surface area contributed by atoms with Crippen molar-refractivity contribution in [2.24, 2.45) is 5.73 Å². The van der Waals surface area contributed by atoms with Crippen molar-refractivity contribution in [3.63, 3.8) is 0 Å². The number of ether oxygens (including phenoxy) is 1. The Morgan fingerprint density at radius 3 is 2.68 bits per heavy atom. The first-order valence-corrected chi connectivity index (χ1v) is 9.70. The molecule has 0 radical (unpaired) electrons. The number of carbonyl (C=O) groups excluding carboxylic acids is 3. The van der Waals surface area contributed by atoms with E-state index >= 15 is 0 Å². The van der Waals surface area contributed by atoms with E-state index in [-0.39, 0.29) is 0 Å². The second kappa shape index (κ2) is 7.58. The summed E-state index contributed by atoms with van der Waals surface area (Å²) in [5.41, 5.74) is 7.47. The summed E-state index contributed by atoms with van der Waals surface area (Å²) >= 11 is 0. The van der Waals surface area contributed by atoms with Crippen LogP contribution in [0.3, 0.4) is 0 Å². The predicted molar refractivity (Wildman–Crippen MR) is 103 cm³/mol. The van der Waals surface area contributed by atoms with Crippen molar-refractivity contribution >= 4 is 28.7 Å². The molecule has 0 unspecified atom stereocenters. The molecule has 1 aliphatic heterocycles. The van der Waals surface area contributed by atoms with Crippen LogP contribution in [0.2, 0.25) is 0 Å².